The van der Waals surface area contributed by atoms with Gasteiger partial charge in [0.1, 0.15) is 11.3 Å². The molecule has 0 aliphatic rings. The molecule has 0 aliphatic heterocycles. The molecule has 2 heteroatoms. The molecule has 1 aromatic heterocycles. The number of fused-ring (bicyclic) bond motifs is 2. The van der Waals surface area contributed by atoms with Crippen LogP contribution in [0.5, 0.6) is 0 Å². The number of benzene rings is 9. The molecule has 0 atom stereocenters. The number of hydrogen-bond donors (Lipinski definition) is 0. The first-order chi connectivity index (χ1) is 27.7. The third-order valence-corrected chi connectivity index (χ3v) is 10.7. The Morgan fingerprint density at radius 3 is 1.34 bits per heavy atom. The van der Waals surface area contributed by atoms with Crippen molar-refractivity contribution in [3.63, 3.8) is 0 Å². The second-order valence-electron chi connectivity index (χ2n) is 14.1. The van der Waals surface area contributed by atoms with Crippen LogP contribution in [0.4, 0.5) is 17.1 Å². The van der Waals surface area contributed by atoms with Crippen LogP contribution in [0.25, 0.3) is 77.6 Å². The Bertz CT molecular complexity index is 2890. The molecule has 0 bridgehead atoms. The van der Waals surface area contributed by atoms with Gasteiger partial charge in [0, 0.05) is 28.0 Å². The predicted molar refractivity (Wildman–Crippen MR) is 236 cm³/mol. The molecule has 56 heavy (non-hydrogen) atoms. The van der Waals surface area contributed by atoms with Gasteiger partial charge in [-0.2, -0.15) is 0 Å². The molecule has 0 spiro atoms. The summed E-state index contributed by atoms with van der Waals surface area (Å²) in [7, 11) is 0. The molecule has 0 fully saturated rings. The standard InChI is InChI=1S/C54H37NO/c1-2-11-38(12-3-1)39-21-23-40(24-22-39)41-25-31-46(32-26-41)55(47-33-27-43(28-34-47)50-19-10-15-42-13-4-6-16-49(42)50)48-35-29-44(30-36-48)51-17-7-8-18-52(51)54-37-45-14-5-9-20-53(45)56-54/h1-37H. The Balaban J connectivity index is 1.01. The lowest BCUT2D eigenvalue weighted by Crippen LogP contribution is -2.09. The molecule has 2 nitrogen and oxygen atoms in total. The quantitative estimate of drug-likeness (QED) is 0.156. The van der Waals surface area contributed by atoms with Crippen LogP contribution < -0.4 is 4.90 Å². The van der Waals surface area contributed by atoms with Gasteiger partial charge >= 0.3 is 0 Å². The van der Waals surface area contributed by atoms with Crippen molar-refractivity contribution in [1.29, 1.82) is 0 Å². The monoisotopic (exact) mass is 715 g/mol. The molecule has 0 N–H and O–H groups in total. The van der Waals surface area contributed by atoms with E-state index in [1.807, 2.05) is 18.2 Å². The molecule has 0 saturated heterocycles. The van der Waals surface area contributed by atoms with Crippen LogP contribution in [-0.2, 0) is 0 Å². The summed E-state index contributed by atoms with van der Waals surface area (Å²) in [4.78, 5) is 2.34. The number of para-hydroxylation sites is 1. The fourth-order valence-electron chi connectivity index (χ4n) is 7.86. The van der Waals surface area contributed by atoms with Crippen molar-refractivity contribution in [2.24, 2.45) is 0 Å². The Labute approximate surface area is 327 Å². The Morgan fingerprint density at radius 2 is 0.714 bits per heavy atom. The zero-order valence-electron chi connectivity index (χ0n) is 30.7. The van der Waals surface area contributed by atoms with Crippen molar-refractivity contribution >= 4 is 38.8 Å². The van der Waals surface area contributed by atoms with E-state index in [1.54, 1.807) is 0 Å². The van der Waals surface area contributed by atoms with E-state index < -0.39 is 0 Å². The van der Waals surface area contributed by atoms with E-state index >= 15 is 0 Å². The van der Waals surface area contributed by atoms with E-state index in [4.69, 9.17) is 4.42 Å². The van der Waals surface area contributed by atoms with Gasteiger partial charge in [0.15, 0.2) is 0 Å². The summed E-state index contributed by atoms with van der Waals surface area (Å²) in [5.74, 6) is 0.869. The minimum absolute atomic E-state index is 0.869. The average Bonchev–Trinajstić information content (AvgIpc) is 3.72. The largest absolute Gasteiger partial charge is 0.456 e. The second kappa shape index (κ2) is 14.4. The molecule has 0 aliphatic carbocycles. The zero-order valence-corrected chi connectivity index (χ0v) is 30.7. The third-order valence-electron chi connectivity index (χ3n) is 10.7. The van der Waals surface area contributed by atoms with Gasteiger partial charge in [-0.25, -0.2) is 0 Å². The lowest BCUT2D eigenvalue weighted by atomic mass is 9.97. The summed E-state index contributed by atoms with van der Waals surface area (Å²) in [5, 5.41) is 3.60. The highest BCUT2D eigenvalue weighted by Crippen LogP contribution is 2.40. The number of hydrogen-bond acceptors (Lipinski definition) is 2. The summed E-state index contributed by atoms with van der Waals surface area (Å²) in [6.07, 6.45) is 0. The minimum atomic E-state index is 0.869. The Morgan fingerprint density at radius 1 is 0.286 bits per heavy atom. The highest BCUT2D eigenvalue weighted by molar-refractivity contribution is 5.97. The minimum Gasteiger partial charge on any atom is -0.456 e. The highest BCUT2D eigenvalue weighted by Gasteiger charge is 2.16. The van der Waals surface area contributed by atoms with Gasteiger partial charge in [-0.15, -0.1) is 0 Å². The van der Waals surface area contributed by atoms with Crippen molar-refractivity contribution in [3.05, 3.63) is 224 Å². The maximum Gasteiger partial charge on any atom is 0.136 e. The van der Waals surface area contributed by atoms with Crippen molar-refractivity contribution in [3.8, 4) is 55.8 Å². The number of rotatable bonds is 8. The molecule has 10 aromatic rings. The van der Waals surface area contributed by atoms with Gasteiger partial charge in [0.2, 0.25) is 0 Å². The maximum atomic E-state index is 6.32. The first-order valence-corrected chi connectivity index (χ1v) is 19.1. The molecule has 0 amide bonds. The molecule has 1 heterocycles. The van der Waals surface area contributed by atoms with Crippen LogP contribution in [0.1, 0.15) is 0 Å². The van der Waals surface area contributed by atoms with Gasteiger partial charge in [-0.1, -0.05) is 176 Å². The van der Waals surface area contributed by atoms with E-state index in [9.17, 15) is 0 Å². The molecular formula is C54H37NO. The predicted octanol–water partition coefficient (Wildman–Crippen LogP) is 15.4. The smallest absolute Gasteiger partial charge is 0.136 e. The molecule has 10 rings (SSSR count). The van der Waals surface area contributed by atoms with E-state index in [-0.39, 0.29) is 0 Å². The summed E-state index contributed by atoms with van der Waals surface area (Å²) >= 11 is 0. The summed E-state index contributed by atoms with van der Waals surface area (Å²) in [6.45, 7) is 0. The molecule has 9 aromatic carbocycles. The fraction of sp³-hybridized carbons (Fsp3) is 0. The van der Waals surface area contributed by atoms with Crippen LogP contribution in [0, 0.1) is 0 Å². The first kappa shape index (κ1) is 33.2. The topological polar surface area (TPSA) is 16.4 Å². The Hall–Kier alpha value is -7.42. The highest BCUT2D eigenvalue weighted by atomic mass is 16.3. The third kappa shape index (κ3) is 6.34. The van der Waals surface area contributed by atoms with Gasteiger partial charge in [0.05, 0.1) is 0 Å². The van der Waals surface area contributed by atoms with Crippen LogP contribution in [0.2, 0.25) is 0 Å². The molecule has 264 valence electrons. The van der Waals surface area contributed by atoms with Crippen molar-refractivity contribution in [2.45, 2.75) is 0 Å². The summed E-state index contributed by atoms with van der Waals surface area (Å²) in [5.41, 5.74) is 14.7. The van der Waals surface area contributed by atoms with Gasteiger partial charge in [-0.3, -0.25) is 0 Å². The average molecular weight is 716 g/mol. The van der Waals surface area contributed by atoms with Crippen molar-refractivity contribution < 1.29 is 4.42 Å². The van der Waals surface area contributed by atoms with Crippen molar-refractivity contribution in [1.82, 2.24) is 0 Å². The molecule has 0 unspecified atom stereocenters. The molecular weight excluding hydrogens is 679 g/mol. The Kier molecular flexibility index (Phi) is 8.55. The lowest BCUT2D eigenvalue weighted by molar-refractivity contribution is 0.632. The van der Waals surface area contributed by atoms with E-state index in [2.05, 4.69) is 211 Å². The first-order valence-electron chi connectivity index (χ1n) is 19.1. The van der Waals surface area contributed by atoms with Crippen molar-refractivity contribution in [2.75, 3.05) is 4.90 Å². The zero-order chi connectivity index (χ0) is 37.3. The van der Waals surface area contributed by atoms with Crippen LogP contribution in [0.15, 0.2) is 229 Å². The number of furan rings is 1. The van der Waals surface area contributed by atoms with Crippen LogP contribution in [-0.4, -0.2) is 0 Å². The van der Waals surface area contributed by atoms with Crippen LogP contribution >= 0.6 is 0 Å². The summed E-state index contributed by atoms with van der Waals surface area (Å²) < 4.78 is 6.32. The fourth-order valence-corrected chi connectivity index (χ4v) is 7.86. The van der Waals surface area contributed by atoms with Gasteiger partial charge < -0.3 is 9.32 Å². The SMILES string of the molecule is c1ccc(-c2ccc(-c3ccc(N(c4ccc(-c5ccccc5-c5cc6ccccc6o5)cc4)c4ccc(-c5cccc6ccccc56)cc4)cc3)cc2)cc1. The number of nitrogens with zero attached hydrogens (tertiary/aromatic N) is 1. The molecule has 0 radical (unpaired) electrons. The summed E-state index contributed by atoms with van der Waals surface area (Å²) in [6, 6.07) is 80.0. The van der Waals surface area contributed by atoms with E-state index in [0.717, 1.165) is 50.5 Å². The second-order valence-corrected chi connectivity index (χ2v) is 14.1. The molecule has 0 saturated carbocycles. The van der Waals surface area contributed by atoms with Gasteiger partial charge in [-0.05, 0) is 104 Å². The van der Waals surface area contributed by atoms with Gasteiger partial charge in [0.25, 0.3) is 0 Å². The lowest BCUT2D eigenvalue weighted by Gasteiger charge is -2.26. The normalized spacial score (nSPS) is 11.2. The van der Waals surface area contributed by atoms with E-state index in [0.29, 0.717) is 0 Å². The van der Waals surface area contributed by atoms with Crippen LogP contribution in [0.3, 0.4) is 0 Å². The van der Waals surface area contributed by atoms with E-state index in [1.165, 1.54) is 44.2 Å². The number of anilines is 3. The maximum absolute atomic E-state index is 6.32.